The summed E-state index contributed by atoms with van der Waals surface area (Å²) >= 11 is 2.73. The summed E-state index contributed by atoms with van der Waals surface area (Å²) < 4.78 is 10.4. The maximum absolute atomic E-state index is 13.6. The van der Waals surface area contributed by atoms with Crippen LogP contribution in [0.1, 0.15) is 54.6 Å². The molecule has 0 spiro atoms. The van der Waals surface area contributed by atoms with Gasteiger partial charge >= 0.3 is 5.97 Å². The number of thioether (sulfide) groups is 1. The van der Waals surface area contributed by atoms with Gasteiger partial charge in [-0.05, 0) is 90.4 Å². The molecule has 5 aromatic rings. The average molecular weight is 732 g/mol. The fraction of sp³-hybridized carbons (Fsp3) is 0.171. The van der Waals surface area contributed by atoms with Gasteiger partial charge < -0.3 is 25.4 Å². The van der Waals surface area contributed by atoms with Gasteiger partial charge in [0.25, 0.3) is 11.8 Å². The summed E-state index contributed by atoms with van der Waals surface area (Å²) in [5.74, 6) is -0.592. The van der Waals surface area contributed by atoms with Crippen LogP contribution in [0.5, 0.6) is 5.75 Å². The first-order valence-electron chi connectivity index (χ1n) is 16.6. The zero-order valence-electron chi connectivity index (χ0n) is 28.6. The van der Waals surface area contributed by atoms with Crippen molar-refractivity contribution in [1.29, 1.82) is 0 Å². The summed E-state index contributed by atoms with van der Waals surface area (Å²) in [5, 5.41) is 9.08. The highest BCUT2D eigenvalue weighted by atomic mass is 32.2. The highest BCUT2D eigenvalue weighted by Gasteiger charge is 2.30. The molecule has 0 aliphatic heterocycles. The first-order chi connectivity index (χ1) is 25.3. The summed E-state index contributed by atoms with van der Waals surface area (Å²) in [7, 11) is 2.92. The van der Waals surface area contributed by atoms with Gasteiger partial charge in [-0.1, -0.05) is 66.7 Å². The van der Waals surface area contributed by atoms with Gasteiger partial charge in [0.1, 0.15) is 16.4 Å². The quantitative estimate of drug-likeness (QED) is 0.0676. The van der Waals surface area contributed by atoms with Crippen molar-refractivity contribution in [3.8, 4) is 5.75 Å². The summed E-state index contributed by atoms with van der Waals surface area (Å²) in [4.78, 5) is 54.5. The normalized spacial score (nSPS) is 13.7. The zero-order valence-corrected chi connectivity index (χ0v) is 30.3. The smallest absolute Gasteiger partial charge is 0.341 e. The lowest BCUT2D eigenvalue weighted by Gasteiger charge is -2.22. The van der Waals surface area contributed by atoms with Crippen LogP contribution in [0.3, 0.4) is 0 Å². The Bertz CT molecular complexity index is 2100. The molecular weight excluding hydrogens is 695 g/mol. The number of amides is 3. The Morgan fingerprint density at radius 1 is 0.865 bits per heavy atom. The van der Waals surface area contributed by atoms with E-state index in [-0.39, 0.29) is 17.4 Å². The number of rotatable bonds is 12. The second-order valence-electron chi connectivity index (χ2n) is 12.0. The van der Waals surface area contributed by atoms with Crippen LogP contribution in [0.4, 0.5) is 10.7 Å². The Labute approximate surface area is 310 Å². The van der Waals surface area contributed by atoms with Crippen LogP contribution in [0, 0.1) is 0 Å². The number of nitrogens with one attached hydrogen (secondary N) is 3. The molecule has 1 atom stereocenters. The summed E-state index contributed by atoms with van der Waals surface area (Å²) in [6, 6.07) is 33.2. The number of methoxy groups -OCH3 is 2. The van der Waals surface area contributed by atoms with Crippen LogP contribution in [0.2, 0.25) is 0 Å². The van der Waals surface area contributed by atoms with Gasteiger partial charge in [0.15, 0.2) is 0 Å². The van der Waals surface area contributed by atoms with E-state index in [0.717, 1.165) is 34.6 Å². The summed E-state index contributed by atoms with van der Waals surface area (Å²) in [6.07, 6.45) is 4.02. The van der Waals surface area contributed by atoms with E-state index < -0.39 is 17.8 Å². The first kappa shape index (κ1) is 36.2. The molecule has 0 saturated carbocycles. The van der Waals surface area contributed by atoms with Gasteiger partial charge in [0.05, 0.1) is 25.5 Å². The number of thiophene rings is 1. The maximum atomic E-state index is 13.6. The molecule has 9 nitrogen and oxygen atoms in total. The number of carbonyl (C=O) groups is 4. The summed E-state index contributed by atoms with van der Waals surface area (Å²) in [6.45, 7) is 0. The molecule has 52 heavy (non-hydrogen) atoms. The Balaban J connectivity index is 1.12. The third kappa shape index (κ3) is 8.98. The standard InChI is InChI=1S/C41H37N3O6S2/c1-49-31-19-16-26(17-20-31)22-34(43-38(46)28-12-7-4-8-13-28)39(47)42-30-14-9-15-32(24-30)51-25-36(45)44-40-37(41(48)50-2)33-21-18-29(23-35(33)52-40)27-10-5-3-6-11-27/h3-17,19-20,22,24,29H,18,21,23,25H2,1-2H3,(H,42,47)(H,43,46)(H,44,45)/b34-22+. The molecule has 0 saturated heterocycles. The van der Waals surface area contributed by atoms with E-state index in [4.69, 9.17) is 9.47 Å². The number of fused-ring (bicyclic) bond motifs is 1. The SMILES string of the molecule is COC(=O)c1c(NC(=O)CSc2cccc(NC(=O)/C(=C\c3ccc(OC)cc3)NC(=O)c3ccccc3)c2)sc2c1CCC(c1ccccc1)C2. The highest BCUT2D eigenvalue weighted by molar-refractivity contribution is 8.00. The largest absolute Gasteiger partial charge is 0.497 e. The first-order valence-corrected chi connectivity index (χ1v) is 18.5. The number of carbonyl (C=O) groups excluding carboxylic acids is 4. The van der Waals surface area contributed by atoms with Gasteiger partial charge in [-0.3, -0.25) is 14.4 Å². The molecule has 264 valence electrons. The van der Waals surface area contributed by atoms with Gasteiger partial charge in [0.2, 0.25) is 5.91 Å². The molecule has 1 heterocycles. The molecule has 1 aliphatic rings. The minimum atomic E-state index is -0.522. The van der Waals surface area contributed by atoms with E-state index >= 15 is 0 Å². The van der Waals surface area contributed by atoms with Gasteiger partial charge in [0, 0.05) is 21.0 Å². The minimum Gasteiger partial charge on any atom is -0.497 e. The van der Waals surface area contributed by atoms with Crippen molar-refractivity contribution in [1.82, 2.24) is 5.32 Å². The average Bonchev–Trinajstić information content (AvgIpc) is 3.54. The van der Waals surface area contributed by atoms with Crippen molar-refractivity contribution in [2.75, 3.05) is 30.6 Å². The van der Waals surface area contributed by atoms with E-state index in [1.807, 2.05) is 30.3 Å². The second-order valence-corrected chi connectivity index (χ2v) is 14.2. The lowest BCUT2D eigenvalue weighted by molar-refractivity contribution is -0.114. The van der Waals surface area contributed by atoms with Crippen LogP contribution in [-0.4, -0.2) is 43.7 Å². The molecule has 0 bridgehead atoms. The van der Waals surface area contributed by atoms with E-state index in [9.17, 15) is 19.2 Å². The third-order valence-corrected chi connectivity index (χ3v) is 10.8. The highest BCUT2D eigenvalue weighted by Crippen LogP contribution is 2.43. The Morgan fingerprint density at radius 3 is 2.31 bits per heavy atom. The van der Waals surface area contributed by atoms with Crippen molar-refractivity contribution in [3.05, 3.63) is 148 Å². The van der Waals surface area contributed by atoms with Crippen LogP contribution in [0.25, 0.3) is 6.08 Å². The van der Waals surface area contributed by atoms with E-state index in [1.165, 1.54) is 35.8 Å². The Hall–Kier alpha value is -5.65. The molecule has 0 radical (unpaired) electrons. The van der Waals surface area contributed by atoms with Crippen LogP contribution in [-0.2, 0) is 27.2 Å². The zero-order chi connectivity index (χ0) is 36.5. The van der Waals surface area contributed by atoms with Crippen molar-refractivity contribution < 1.29 is 28.7 Å². The Kier molecular flexibility index (Phi) is 11.8. The number of hydrogen-bond donors (Lipinski definition) is 3. The monoisotopic (exact) mass is 731 g/mol. The van der Waals surface area contributed by atoms with Crippen molar-refractivity contribution in [2.45, 2.75) is 30.1 Å². The van der Waals surface area contributed by atoms with Crippen LogP contribution in [0.15, 0.2) is 120 Å². The third-order valence-electron chi connectivity index (χ3n) is 8.60. The predicted octanol–water partition coefficient (Wildman–Crippen LogP) is 7.96. The van der Waals surface area contributed by atoms with Crippen molar-refractivity contribution >= 4 is 63.6 Å². The molecule has 1 aromatic heterocycles. The Morgan fingerprint density at radius 2 is 1.60 bits per heavy atom. The topological polar surface area (TPSA) is 123 Å². The fourth-order valence-electron chi connectivity index (χ4n) is 5.98. The number of benzene rings is 4. The molecule has 1 unspecified atom stereocenters. The number of hydrogen-bond acceptors (Lipinski definition) is 8. The summed E-state index contributed by atoms with van der Waals surface area (Å²) in [5.41, 5.74) is 4.29. The minimum absolute atomic E-state index is 0.0478. The lowest BCUT2D eigenvalue weighted by atomic mass is 9.83. The van der Waals surface area contributed by atoms with Crippen LogP contribution < -0.4 is 20.7 Å². The van der Waals surface area contributed by atoms with Crippen LogP contribution >= 0.6 is 23.1 Å². The predicted molar refractivity (Wildman–Crippen MR) is 206 cm³/mol. The molecule has 3 amide bonds. The molecular formula is C41H37N3O6S2. The van der Waals surface area contributed by atoms with E-state index in [0.29, 0.717) is 39.0 Å². The lowest BCUT2D eigenvalue weighted by Crippen LogP contribution is -2.30. The van der Waals surface area contributed by atoms with Crippen molar-refractivity contribution in [3.63, 3.8) is 0 Å². The molecule has 11 heteroatoms. The molecule has 1 aliphatic carbocycles. The van der Waals surface area contributed by atoms with Gasteiger partial charge in [-0.15, -0.1) is 23.1 Å². The fourth-order valence-corrected chi connectivity index (χ4v) is 8.07. The number of anilines is 2. The molecule has 6 rings (SSSR count). The van der Waals surface area contributed by atoms with Gasteiger partial charge in [-0.2, -0.15) is 0 Å². The number of esters is 1. The molecule has 0 fully saturated rings. The molecule has 3 N–H and O–H groups in total. The molecule has 4 aromatic carbocycles. The van der Waals surface area contributed by atoms with Crippen molar-refractivity contribution in [2.24, 2.45) is 0 Å². The maximum Gasteiger partial charge on any atom is 0.341 e. The second kappa shape index (κ2) is 17.0. The van der Waals surface area contributed by atoms with E-state index in [1.54, 1.807) is 79.9 Å². The van der Waals surface area contributed by atoms with E-state index in [2.05, 4.69) is 28.1 Å². The van der Waals surface area contributed by atoms with Gasteiger partial charge in [-0.25, -0.2) is 4.79 Å². The number of ether oxygens (including phenoxy) is 2.